The summed E-state index contributed by atoms with van der Waals surface area (Å²) in [6, 6.07) is 15.6. The fraction of sp³-hybridized carbons (Fsp3) is 0.231. The fourth-order valence-electron chi connectivity index (χ4n) is 4.06. The third kappa shape index (κ3) is 4.91. The Morgan fingerprint density at radius 1 is 0.938 bits per heavy atom. The summed E-state index contributed by atoms with van der Waals surface area (Å²) in [5, 5.41) is 0. The first-order valence-corrected chi connectivity index (χ1v) is 10.7. The van der Waals surface area contributed by atoms with Crippen LogP contribution < -0.4 is 0 Å². The predicted molar refractivity (Wildman–Crippen MR) is 124 cm³/mol. The van der Waals surface area contributed by atoms with E-state index in [4.69, 9.17) is 0 Å². The van der Waals surface area contributed by atoms with E-state index >= 15 is 0 Å². The number of amides is 2. The smallest absolute Gasteiger partial charge is 0.254 e. The van der Waals surface area contributed by atoms with E-state index in [1.54, 1.807) is 52.8 Å². The van der Waals surface area contributed by atoms with Crippen molar-refractivity contribution in [3.63, 3.8) is 0 Å². The zero-order chi connectivity index (χ0) is 22.3. The molecule has 3 aromatic rings. The summed E-state index contributed by atoms with van der Waals surface area (Å²) >= 11 is 0. The van der Waals surface area contributed by atoms with Gasteiger partial charge in [-0.05, 0) is 47.4 Å². The van der Waals surface area contributed by atoms with Crippen molar-refractivity contribution in [3.05, 3.63) is 97.1 Å². The normalized spacial score (nSPS) is 16.5. The SMILES string of the molecule is C=CCN1CCN(C(=O)c2ccncc2)CC(Cc2ccc(-c3ccncc3)cc2)C1=O. The maximum absolute atomic E-state index is 13.3. The Balaban J connectivity index is 1.54. The molecule has 0 bridgehead atoms. The van der Waals surface area contributed by atoms with Crippen molar-refractivity contribution >= 4 is 11.8 Å². The number of carbonyl (C=O) groups is 2. The lowest BCUT2D eigenvalue weighted by Gasteiger charge is -2.23. The van der Waals surface area contributed by atoms with Gasteiger partial charge in [0.1, 0.15) is 0 Å². The summed E-state index contributed by atoms with van der Waals surface area (Å²) in [4.78, 5) is 38.0. The van der Waals surface area contributed by atoms with Gasteiger partial charge in [0.25, 0.3) is 5.91 Å². The van der Waals surface area contributed by atoms with Crippen molar-refractivity contribution in [1.29, 1.82) is 0 Å². The molecule has 0 radical (unpaired) electrons. The Morgan fingerprint density at radius 2 is 1.56 bits per heavy atom. The average molecular weight is 427 g/mol. The lowest BCUT2D eigenvalue weighted by molar-refractivity contribution is -0.134. The molecule has 1 aliphatic rings. The highest BCUT2D eigenvalue weighted by Crippen LogP contribution is 2.22. The van der Waals surface area contributed by atoms with Gasteiger partial charge in [-0.2, -0.15) is 0 Å². The highest BCUT2D eigenvalue weighted by Gasteiger charge is 2.32. The molecule has 0 saturated carbocycles. The Hall–Kier alpha value is -3.80. The number of hydrogen-bond donors (Lipinski definition) is 0. The Labute approximate surface area is 188 Å². The van der Waals surface area contributed by atoms with Crippen LogP contribution in [0.3, 0.4) is 0 Å². The lowest BCUT2D eigenvalue weighted by Crippen LogP contribution is -2.38. The molecule has 32 heavy (non-hydrogen) atoms. The zero-order valence-corrected chi connectivity index (χ0v) is 17.9. The number of rotatable bonds is 6. The molecule has 1 unspecified atom stereocenters. The number of carbonyl (C=O) groups excluding carboxylic acids is 2. The van der Waals surface area contributed by atoms with E-state index in [0.717, 1.165) is 16.7 Å². The average Bonchev–Trinajstić information content (AvgIpc) is 3.00. The van der Waals surface area contributed by atoms with Crippen molar-refractivity contribution in [3.8, 4) is 11.1 Å². The van der Waals surface area contributed by atoms with Gasteiger partial charge in [0.2, 0.25) is 5.91 Å². The van der Waals surface area contributed by atoms with Crippen LogP contribution in [-0.4, -0.2) is 57.8 Å². The van der Waals surface area contributed by atoms with Gasteiger partial charge in [0.05, 0.1) is 5.92 Å². The van der Waals surface area contributed by atoms with Crippen LogP contribution in [0.2, 0.25) is 0 Å². The molecule has 6 heteroatoms. The zero-order valence-electron chi connectivity index (χ0n) is 17.9. The van der Waals surface area contributed by atoms with Crippen LogP contribution in [0.4, 0.5) is 0 Å². The van der Waals surface area contributed by atoms with Crippen molar-refractivity contribution in [2.24, 2.45) is 5.92 Å². The van der Waals surface area contributed by atoms with Crippen LogP contribution >= 0.6 is 0 Å². The van der Waals surface area contributed by atoms with E-state index in [2.05, 4.69) is 40.8 Å². The maximum Gasteiger partial charge on any atom is 0.254 e. The Bertz CT molecular complexity index is 1070. The predicted octanol–water partition coefficient (Wildman–Crippen LogP) is 3.47. The molecule has 162 valence electrons. The lowest BCUT2D eigenvalue weighted by atomic mass is 9.95. The molecule has 0 spiro atoms. The summed E-state index contributed by atoms with van der Waals surface area (Å²) in [7, 11) is 0. The second kappa shape index (κ2) is 10.0. The van der Waals surface area contributed by atoms with Crippen LogP contribution in [0.5, 0.6) is 0 Å². The van der Waals surface area contributed by atoms with Gasteiger partial charge in [0, 0.05) is 56.5 Å². The van der Waals surface area contributed by atoms with Crippen LogP contribution in [0.25, 0.3) is 11.1 Å². The first-order chi connectivity index (χ1) is 15.7. The minimum atomic E-state index is -0.310. The van der Waals surface area contributed by atoms with E-state index in [-0.39, 0.29) is 17.7 Å². The van der Waals surface area contributed by atoms with E-state index in [1.165, 1.54) is 0 Å². The molecule has 3 heterocycles. The van der Waals surface area contributed by atoms with Gasteiger partial charge in [0.15, 0.2) is 0 Å². The van der Waals surface area contributed by atoms with Crippen LogP contribution in [-0.2, 0) is 11.2 Å². The molecular weight excluding hydrogens is 400 g/mol. The second-order valence-electron chi connectivity index (χ2n) is 7.89. The minimum absolute atomic E-state index is 0.0631. The van der Waals surface area contributed by atoms with Gasteiger partial charge in [-0.15, -0.1) is 6.58 Å². The number of aromatic nitrogens is 2. The topological polar surface area (TPSA) is 66.4 Å². The van der Waals surface area contributed by atoms with Gasteiger partial charge in [-0.1, -0.05) is 30.3 Å². The summed E-state index contributed by atoms with van der Waals surface area (Å²) in [6.07, 6.45) is 9.08. The highest BCUT2D eigenvalue weighted by molar-refractivity contribution is 5.94. The second-order valence-corrected chi connectivity index (χ2v) is 7.89. The van der Waals surface area contributed by atoms with Crippen molar-refractivity contribution in [2.45, 2.75) is 6.42 Å². The molecule has 0 N–H and O–H groups in total. The first kappa shape index (κ1) is 21.4. The number of nitrogens with zero attached hydrogens (tertiary/aromatic N) is 4. The van der Waals surface area contributed by atoms with Crippen LogP contribution in [0, 0.1) is 5.92 Å². The number of hydrogen-bond acceptors (Lipinski definition) is 4. The molecule has 2 amide bonds. The highest BCUT2D eigenvalue weighted by atomic mass is 16.2. The molecule has 1 aliphatic heterocycles. The summed E-state index contributed by atoms with van der Waals surface area (Å²) in [6.45, 7) is 5.65. The number of pyridine rings is 2. The maximum atomic E-state index is 13.3. The monoisotopic (exact) mass is 426 g/mol. The van der Waals surface area contributed by atoms with E-state index < -0.39 is 0 Å². The van der Waals surface area contributed by atoms with Gasteiger partial charge in [-0.3, -0.25) is 19.6 Å². The molecule has 1 fully saturated rings. The molecular formula is C26H26N4O2. The summed E-state index contributed by atoms with van der Waals surface area (Å²) in [5.41, 5.74) is 3.86. The molecule has 6 nitrogen and oxygen atoms in total. The number of benzene rings is 1. The molecule has 1 atom stereocenters. The fourth-order valence-corrected chi connectivity index (χ4v) is 4.06. The van der Waals surface area contributed by atoms with Crippen molar-refractivity contribution in [1.82, 2.24) is 19.8 Å². The molecule has 4 rings (SSSR count). The van der Waals surface area contributed by atoms with Crippen LogP contribution in [0.1, 0.15) is 15.9 Å². The summed E-state index contributed by atoms with van der Waals surface area (Å²) < 4.78 is 0. The van der Waals surface area contributed by atoms with Gasteiger partial charge < -0.3 is 9.80 Å². The Morgan fingerprint density at radius 3 is 2.22 bits per heavy atom. The van der Waals surface area contributed by atoms with Gasteiger partial charge >= 0.3 is 0 Å². The molecule has 1 saturated heterocycles. The molecule has 0 aliphatic carbocycles. The Kier molecular flexibility index (Phi) is 6.70. The largest absolute Gasteiger partial charge is 0.337 e. The minimum Gasteiger partial charge on any atom is -0.337 e. The van der Waals surface area contributed by atoms with E-state index in [0.29, 0.717) is 38.2 Å². The third-order valence-corrected chi connectivity index (χ3v) is 5.76. The van der Waals surface area contributed by atoms with Gasteiger partial charge in [-0.25, -0.2) is 0 Å². The van der Waals surface area contributed by atoms with E-state index in [9.17, 15) is 9.59 Å². The van der Waals surface area contributed by atoms with Crippen molar-refractivity contribution < 1.29 is 9.59 Å². The van der Waals surface area contributed by atoms with Crippen LogP contribution in [0.15, 0.2) is 86.0 Å². The van der Waals surface area contributed by atoms with E-state index in [1.807, 2.05) is 12.1 Å². The standard InChI is InChI=1S/C26H26N4O2/c1-2-15-29-16-17-30(25(31)23-9-13-28-14-10-23)19-24(26(29)32)18-20-3-5-21(6-4-20)22-7-11-27-12-8-22/h2-14,24H,1,15-19H2. The van der Waals surface area contributed by atoms with Crippen molar-refractivity contribution in [2.75, 3.05) is 26.2 Å². The third-order valence-electron chi connectivity index (χ3n) is 5.76. The first-order valence-electron chi connectivity index (χ1n) is 10.7. The summed E-state index contributed by atoms with van der Waals surface area (Å²) in [5.74, 6) is -0.318. The quantitative estimate of drug-likeness (QED) is 0.566. The molecule has 2 aromatic heterocycles. The molecule has 1 aromatic carbocycles.